The standard InChI is InChI=1S/C51H56N12O5/c1-3-20-62-49(66)39-30-52-50(56-47(39)63(62)42-13-5-31-15-19-51(67,4-2)46(31)54-42)53-32-6-8-33(9-7-32)59-24-26-60(27-25-59)34-16-21-58(22-17-34)35-28-36(29-35)61-23-18-37-40(61)11-12-41-44(37)45(57-68-41)38-10-14-43(64)55-48(38)65/h3,5-9,11-13,18,23,30,34-36,38,67H,1,4,10,14-17,19-22,24-29H2,2H3,(H,52,53,56)(H,55,64,65)/t35?,36?,38?,51-/m1/s1. The van der Waals surface area contributed by atoms with E-state index in [1.807, 2.05) is 37.3 Å². The first-order valence-electron chi connectivity index (χ1n) is 24.3. The summed E-state index contributed by atoms with van der Waals surface area (Å²) in [6, 6.07) is 20.1. The molecule has 0 bridgehead atoms. The van der Waals surface area contributed by atoms with E-state index in [0.29, 0.717) is 83.6 Å². The molecular weight excluding hydrogens is 861 g/mol. The fourth-order valence-corrected chi connectivity index (χ4v) is 11.8. The van der Waals surface area contributed by atoms with Crippen molar-refractivity contribution in [2.45, 2.75) is 101 Å². The number of imide groups is 1. The van der Waals surface area contributed by atoms with E-state index in [4.69, 9.17) is 14.5 Å². The highest BCUT2D eigenvalue weighted by Gasteiger charge is 2.40. The molecule has 12 rings (SSSR count). The van der Waals surface area contributed by atoms with Gasteiger partial charge in [0.25, 0.3) is 5.56 Å². The van der Waals surface area contributed by atoms with Gasteiger partial charge in [0.1, 0.15) is 16.7 Å². The summed E-state index contributed by atoms with van der Waals surface area (Å²) in [5.41, 5.74) is 5.34. The molecule has 1 unspecified atom stereocenters. The first-order valence-corrected chi connectivity index (χ1v) is 24.3. The lowest BCUT2D eigenvalue weighted by Crippen LogP contribution is -2.55. The number of aryl methyl sites for hydroxylation is 1. The normalized spacial score (nSPS) is 23.9. The number of carbonyl (C=O) groups excluding carboxylic acids is 2. The zero-order chi connectivity index (χ0) is 46.3. The second kappa shape index (κ2) is 16.8. The van der Waals surface area contributed by atoms with E-state index in [2.05, 4.69) is 77.1 Å². The monoisotopic (exact) mass is 916 g/mol. The quantitative estimate of drug-likeness (QED) is 0.101. The van der Waals surface area contributed by atoms with E-state index in [1.165, 1.54) is 18.5 Å². The average Bonchev–Trinajstić information content (AvgIpc) is 4.12. The van der Waals surface area contributed by atoms with Crippen LogP contribution in [-0.2, 0) is 28.2 Å². The maximum Gasteiger partial charge on any atom is 0.278 e. The van der Waals surface area contributed by atoms with Crippen molar-refractivity contribution in [1.82, 2.24) is 49.2 Å². The summed E-state index contributed by atoms with van der Waals surface area (Å²) in [5, 5.41) is 23.7. The number of aromatic nitrogens is 7. The van der Waals surface area contributed by atoms with Crippen molar-refractivity contribution in [1.29, 1.82) is 0 Å². The van der Waals surface area contributed by atoms with Gasteiger partial charge < -0.3 is 29.3 Å². The van der Waals surface area contributed by atoms with Crippen molar-refractivity contribution in [3.63, 3.8) is 0 Å². The van der Waals surface area contributed by atoms with Gasteiger partial charge in [0, 0.05) is 85.4 Å². The molecule has 68 heavy (non-hydrogen) atoms. The Labute approximate surface area is 392 Å². The molecule has 350 valence electrons. The smallest absolute Gasteiger partial charge is 0.278 e. The van der Waals surface area contributed by atoms with Gasteiger partial charge in [-0.3, -0.25) is 24.6 Å². The molecule has 3 saturated heterocycles. The molecule has 5 aliphatic rings. The number of likely N-dealkylation sites (tertiary alicyclic amines) is 1. The van der Waals surface area contributed by atoms with Crippen LogP contribution in [0.2, 0.25) is 0 Å². The molecule has 0 radical (unpaired) electrons. The van der Waals surface area contributed by atoms with Crippen LogP contribution >= 0.6 is 0 Å². The van der Waals surface area contributed by atoms with Crippen LogP contribution < -0.4 is 21.1 Å². The number of hydrogen-bond donors (Lipinski definition) is 3. The molecule has 17 heteroatoms. The highest BCUT2D eigenvalue weighted by atomic mass is 16.5. The number of piperidine rings is 2. The van der Waals surface area contributed by atoms with Crippen molar-refractivity contribution in [2.75, 3.05) is 49.5 Å². The fraction of sp³-hybridized carbons (Fsp3) is 0.431. The molecule has 2 amide bonds. The van der Waals surface area contributed by atoms with E-state index in [-0.39, 0.29) is 23.9 Å². The van der Waals surface area contributed by atoms with Crippen LogP contribution in [0.3, 0.4) is 0 Å². The Morgan fingerprint density at radius 2 is 1.68 bits per heavy atom. The maximum absolute atomic E-state index is 13.6. The summed E-state index contributed by atoms with van der Waals surface area (Å²) in [7, 11) is 0. The van der Waals surface area contributed by atoms with Gasteiger partial charge in [0.2, 0.25) is 17.8 Å². The van der Waals surface area contributed by atoms with Gasteiger partial charge in [-0.25, -0.2) is 19.3 Å². The van der Waals surface area contributed by atoms with Crippen LogP contribution in [0.5, 0.6) is 0 Å². The molecule has 4 fully saturated rings. The van der Waals surface area contributed by atoms with Crippen LogP contribution in [0.25, 0.3) is 38.7 Å². The first kappa shape index (κ1) is 42.6. The SMILES string of the molecule is C=CCn1c(=O)c2cnc(Nc3ccc(N4CCN(C5CCN(C6CC(n7ccc8c9c(C%10CCC(=O)NC%10=O)noc9ccc87)C6)CC5)CC4)cc3)nc2n1-c1ccc2c(n1)[C@@](O)(CC)CC2. The van der Waals surface area contributed by atoms with Gasteiger partial charge in [0.05, 0.1) is 23.5 Å². The predicted octanol–water partition coefficient (Wildman–Crippen LogP) is 6.06. The van der Waals surface area contributed by atoms with Crippen LogP contribution in [0.4, 0.5) is 17.3 Å². The summed E-state index contributed by atoms with van der Waals surface area (Å²) < 4.78 is 11.3. The summed E-state index contributed by atoms with van der Waals surface area (Å²) >= 11 is 0. The van der Waals surface area contributed by atoms with Crippen LogP contribution in [0.1, 0.15) is 87.2 Å². The van der Waals surface area contributed by atoms with E-state index < -0.39 is 11.5 Å². The number of amides is 2. The van der Waals surface area contributed by atoms with Crippen molar-refractivity contribution in [2.24, 2.45) is 0 Å². The molecule has 17 nitrogen and oxygen atoms in total. The highest BCUT2D eigenvalue weighted by molar-refractivity contribution is 6.09. The highest BCUT2D eigenvalue weighted by Crippen LogP contribution is 2.43. The summed E-state index contributed by atoms with van der Waals surface area (Å²) in [4.78, 5) is 60.3. The summed E-state index contributed by atoms with van der Waals surface area (Å²) in [6.07, 6.45) is 12.7. The van der Waals surface area contributed by atoms with Gasteiger partial charge >= 0.3 is 0 Å². The lowest BCUT2D eigenvalue weighted by Gasteiger charge is -2.48. The Balaban J connectivity index is 0.647. The second-order valence-corrected chi connectivity index (χ2v) is 19.4. The molecule has 8 heterocycles. The summed E-state index contributed by atoms with van der Waals surface area (Å²) in [5.74, 6) is -0.146. The number of nitrogens with one attached hydrogen (secondary N) is 2. The van der Waals surface area contributed by atoms with Crippen molar-refractivity contribution < 1.29 is 19.2 Å². The maximum atomic E-state index is 13.6. The lowest BCUT2D eigenvalue weighted by molar-refractivity contribution is -0.134. The first-order chi connectivity index (χ1) is 33.2. The molecular formula is C51H56N12O5. The predicted molar refractivity (Wildman–Crippen MR) is 258 cm³/mol. The molecule has 5 aromatic heterocycles. The molecule has 0 spiro atoms. The van der Waals surface area contributed by atoms with Crippen molar-refractivity contribution in [3.05, 3.63) is 107 Å². The third-order valence-electron chi connectivity index (χ3n) is 15.7. The molecule has 3 aliphatic heterocycles. The number of fused-ring (bicyclic) bond motifs is 5. The van der Waals surface area contributed by atoms with E-state index >= 15 is 0 Å². The molecule has 2 aliphatic carbocycles. The average molecular weight is 917 g/mol. The number of aliphatic hydroxyl groups is 1. The minimum absolute atomic E-state index is 0.234. The number of anilines is 3. The topological polar surface area (TPSA) is 185 Å². The number of hydrogen-bond acceptors (Lipinski definition) is 13. The number of pyridine rings is 1. The Morgan fingerprint density at radius 1 is 0.882 bits per heavy atom. The Morgan fingerprint density at radius 3 is 2.44 bits per heavy atom. The largest absolute Gasteiger partial charge is 0.384 e. The van der Waals surface area contributed by atoms with Gasteiger partial charge in [-0.05, 0) is 119 Å². The third-order valence-corrected chi connectivity index (χ3v) is 15.7. The number of benzene rings is 2. The van der Waals surface area contributed by atoms with Crippen LogP contribution in [0.15, 0.2) is 89.0 Å². The number of allylic oxidation sites excluding steroid dienone is 1. The summed E-state index contributed by atoms with van der Waals surface area (Å²) in [6.45, 7) is 12.4. The van der Waals surface area contributed by atoms with Gasteiger partial charge in [-0.15, -0.1) is 6.58 Å². The van der Waals surface area contributed by atoms with Crippen LogP contribution in [0, 0.1) is 0 Å². The molecule has 3 N–H and O–H groups in total. The number of piperazine rings is 1. The number of carbonyl (C=O) groups is 2. The van der Waals surface area contributed by atoms with Gasteiger partial charge in [0.15, 0.2) is 17.0 Å². The lowest BCUT2D eigenvalue weighted by atomic mass is 9.83. The minimum atomic E-state index is -0.992. The fourth-order valence-electron chi connectivity index (χ4n) is 11.8. The Hall–Kier alpha value is -6.69. The molecule has 2 aromatic carbocycles. The van der Waals surface area contributed by atoms with Crippen molar-refractivity contribution >= 4 is 62.0 Å². The number of rotatable bonds is 11. The Kier molecular flexibility index (Phi) is 10.5. The molecule has 1 saturated carbocycles. The minimum Gasteiger partial charge on any atom is -0.384 e. The zero-order valence-corrected chi connectivity index (χ0v) is 38.3. The molecule has 7 aromatic rings. The van der Waals surface area contributed by atoms with Crippen LogP contribution in [-0.4, -0.2) is 112 Å². The van der Waals surface area contributed by atoms with E-state index in [1.54, 1.807) is 21.6 Å². The van der Waals surface area contributed by atoms with E-state index in [0.717, 1.165) is 86.1 Å². The van der Waals surface area contributed by atoms with Crippen molar-refractivity contribution in [3.8, 4) is 5.82 Å². The van der Waals surface area contributed by atoms with Gasteiger partial charge in [-0.1, -0.05) is 24.2 Å². The van der Waals surface area contributed by atoms with Gasteiger partial charge in [-0.2, -0.15) is 4.98 Å². The number of nitrogens with zero attached hydrogens (tertiary/aromatic N) is 10. The Bertz CT molecular complexity index is 3170. The third kappa shape index (κ3) is 7.20. The van der Waals surface area contributed by atoms with E-state index in [9.17, 15) is 19.5 Å². The second-order valence-electron chi connectivity index (χ2n) is 19.4. The zero-order valence-electron chi connectivity index (χ0n) is 38.3. The molecule has 2 atom stereocenters.